The Kier molecular flexibility index (Phi) is 2.40. The minimum atomic E-state index is -0.534. The number of aryl methyl sites for hydroxylation is 2. The van der Waals surface area contributed by atoms with Crippen LogP contribution in [0.4, 0.5) is 10.2 Å². The van der Waals surface area contributed by atoms with Crippen LogP contribution in [-0.2, 0) is 0 Å². The minimum Gasteiger partial charge on any atom is -0.381 e. The third-order valence-corrected chi connectivity index (χ3v) is 3.12. The molecular formula is C10H10FN3S. The van der Waals surface area contributed by atoms with Crippen molar-refractivity contribution in [3.05, 3.63) is 28.5 Å². The number of anilines is 1. The Morgan fingerprint density at radius 3 is 2.60 bits per heavy atom. The average Bonchev–Trinajstić information content (AvgIpc) is 2.60. The van der Waals surface area contributed by atoms with Gasteiger partial charge in [-0.2, -0.15) is 0 Å². The zero-order valence-corrected chi connectivity index (χ0v) is 9.23. The molecule has 78 valence electrons. The highest BCUT2D eigenvalue weighted by molar-refractivity contribution is 7.13. The summed E-state index contributed by atoms with van der Waals surface area (Å²) in [5.74, 6) is -0.128. The summed E-state index contributed by atoms with van der Waals surface area (Å²) in [6.07, 6.45) is 0. The van der Waals surface area contributed by atoms with Gasteiger partial charge in [-0.1, -0.05) is 0 Å². The van der Waals surface area contributed by atoms with Crippen molar-refractivity contribution in [2.75, 3.05) is 5.73 Å². The van der Waals surface area contributed by atoms with E-state index in [4.69, 9.17) is 5.73 Å². The largest absolute Gasteiger partial charge is 0.381 e. The molecule has 2 rings (SSSR count). The molecule has 5 heteroatoms. The van der Waals surface area contributed by atoms with Crippen LogP contribution in [0.3, 0.4) is 0 Å². The van der Waals surface area contributed by atoms with Crippen LogP contribution < -0.4 is 5.73 Å². The molecule has 0 saturated carbocycles. The first kappa shape index (κ1) is 10.0. The molecule has 2 aromatic rings. The van der Waals surface area contributed by atoms with E-state index >= 15 is 0 Å². The lowest BCUT2D eigenvalue weighted by molar-refractivity contribution is 0.608. The molecule has 2 aromatic heterocycles. The molecule has 0 amide bonds. The Bertz CT molecular complexity index is 484. The molecule has 2 heterocycles. The van der Waals surface area contributed by atoms with Crippen molar-refractivity contribution in [3.63, 3.8) is 0 Å². The van der Waals surface area contributed by atoms with Crippen molar-refractivity contribution in [2.24, 2.45) is 0 Å². The normalized spacial score (nSPS) is 10.6. The van der Waals surface area contributed by atoms with Crippen molar-refractivity contribution < 1.29 is 4.39 Å². The number of thiophene rings is 1. The van der Waals surface area contributed by atoms with Gasteiger partial charge in [-0.25, -0.2) is 14.4 Å². The Balaban J connectivity index is 2.60. The molecular weight excluding hydrogens is 213 g/mol. The maximum Gasteiger partial charge on any atom is 0.186 e. The van der Waals surface area contributed by atoms with Gasteiger partial charge in [0.2, 0.25) is 0 Å². The molecule has 0 unspecified atom stereocenters. The molecule has 0 fully saturated rings. The Morgan fingerprint density at radius 1 is 1.33 bits per heavy atom. The molecule has 0 spiro atoms. The fourth-order valence-electron chi connectivity index (χ4n) is 1.28. The second-order valence-corrected chi connectivity index (χ2v) is 4.18. The molecule has 0 bridgehead atoms. The van der Waals surface area contributed by atoms with Gasteiger partial charge < -0.3 is 5.73 Å². The minimum absolute atomic E-state index is 0.0923. The first-order chi connectivity index (χ1) is 7.09. The summed E-state index contributed by atoms with van der Waals surface area (Å²) >= 11 is 1.52. The fraction of sp³-hybridized carbons (Fsp3) is 0.200. The Labute approximate surface area is 90.8 Å². The molecule has 0 saturated heterocycles. The summed E-state index contributed by atoms with van der Waals surface area (Å²) in [6.45, 7) is 3.55. The van der Waals surface area contributed by atoms with Crippen molar-refractivity contribution in [3.8, 4) is 10.7 Å². The van der Waals surface area contributed by atoms with Crippen molar-refractivity contribution in [1.82, 2.24) is 9.97 Å². The fourth-order valence-corrected chi connectivity index (χ4v) is 2.14. The molecule has 15 heavy (non-hydrogen) atoms. The molecule has 0 atom stereocenters. The second-order valence-electron chi connectivity index (χ2n) is 3.26. The molecule has 0 aliphatic heterocycles. The van der Waals surface area contributed by atoms with Crippen LogP contribution in [-0.4, -0.2) is 9.97 Å². The van der Waals surface area contributed by atoms with E-state index in [1.807, 2.05) is 18.4 Å². The number of rotatable bonds is 1. The topological polar surface area (TPSA) is 51.8 Å². The number of hydrogen-bond donors (Lipinski definition) is 1. The van der Waals surface area contributed by atoms with Crippen molar-refractivity contribution >= 4 is 17.2 Å². The highest BCUT2D eigenvalue weighted by atomic mass is 32.1. The highest BCUT2D eigenvalue weighted by Crippen LogP contribution is 2.27. The average molecular weight is 223 g/mol. The van der Waals surface area contributed by atoms with Crippen molar-refractivity contribution in [1.29, 1.82) is 0 Å². The third-order valence-electron chi connectivity index (χ3n) is 2.11. The van der Waals surface area contributed by atoms with Crippen LogP contribution in [0.25, 0.3) is 10.7 Å². The van der Waals surface area contributed by atoms with Gasteiger partial charge in [-0.3, -0.25) is 0 Å². The van der Waals surface area contributed by atoms with E-state index in [2.05, 4.69) is 9.97 Å². The van der Waals surface area contributed by atoms with Gasteiger partial charge in [0.1, 0.15) is 0 Å². The van der Waals surface area contributed by atoms with Gasteiger partial charge in [-0.15, -0.1) is 11.3 Å². The van der Waals surface area contributed by atoms with E-state index in [1.165, 1.54) is 11.3 Å². The third kappa shape index (κ3) is 1.70. The van der Waals surface area contributed by atoms with Crippen LogP contribution in [0.1, 0.15) is 11.3 Å². The van der Waals surface area contributed by atoms with Crippen LogP contribution in [0.2, 0.25) is 0 Å². The number of nitrogens with two attached hydrogens (primary N) is 1. The predicted octanol–water partition coefficient (Wildman–Crippen LogP) is 2.54. The van der Waals surface area contributed by atoms with E-state index in [0.717, 1.165) is 10.4 Å². The van der Waals surface area contributed by atoms with Gasteiger partial charge in [0.15, 0.2) is 17.5 Å². The van der Waals surface area contributed by atoms with E-state index in [0.29, 0.717) is 5.82 Å². The summed E-state index contributed by atoms with van der Waals surface area (Å²) in [6, 6.07) is 1.97. The number of hydrogen-bond acceptors (Lipinski definition) is 4. The molecule has 0 aromatic carbocycles. The maximum atomic E-state index is 13.2. The van der Waals surface area contributed by atoms with Gasteiger partial charge in [-0.05, 0) is 30.9 Å². The molecule has 0 aliphatic carbocycles. The van der Waals surface area contributed by atoms with Gasteiger partial charge in [0.25, 0.3) is 0 Å². The summed E-state index contributed by atoms with van der Waals surface area (Å²) in [5, 5.41) is 1.95. The molecule has 0 aliphatic rings. The van der Waals surface area contributed by atoms with Crippen LogP contribution >= 0.6 is 11.3 Å². The first-order valence-corrected chi connectivity index (χ1v) is 5.31. The van der Waals surface area contributed by atoms with Crippen LogP contribution in [0, 0.1) is 19.7 Å². The van der Waals surface area contributed by atoms with E-state index in [-0.39, 0.29) is 11.5 Å². The molecule has 3 nitrogen and oxygen atoms in total. The highest BCUT2D eigenvalue weighted by Gasteiger charge is 2.12. The van der Waals surface area contributed by atoms with E-state index < -0.39 is 5.82 Å². The number of nitrogen functional groups attached to an aromatic ring is 1. The van der Waals surface area contributed by atoms with Gasteiger partial charge >= 0.3 is 0 Å². The summed E-state index contributed by atoms with van der Waals surface area (Å²) < 4.78 is 13.2. The predicted molar refractivity (Wildman–Crippen MR) is 59.2 cm³/mol. The van der Waals surface area contributed by atoms with Crippen LogP contribution in [0.15, 0.2) is 11.4 Å². The van der Waals surface area contributed by atoms with E-state index in [9.17, 15) is 4.39 Å². The monoisotopic (exact) mass is 223 g/mol. The standard InChI is InChI=1S/C10H10FN3S/c1-5-3-4-15-8(5)10-13-6(2)7(11)9(12)14-10/h3-4H,1-2H3,(H2,12,13,14). The zero-order chi connectivity index (χ0) is 11.0. The Hall–Kier alpha value is -1.49. The first-order valence-electron chi connectivity index (χ1n) is 4.43. The summed E-state index contributed by atoms with van der Waals surface area (Å²) in [4.78, 5) is 8.96. The van der Waals surface area contributed by atoms with Gasteiger partial charge in [0.05, 0.1) is 10.6 Å². The van der Waals surface area contributed by atoms with E-state index in [1.54, 1.807) is 6.92 Å². The lowest BCUT2D eigenvalue weighted by Crippen LogP contribution is -2.02. The van der Waals surface area contributed by atoms with Crippen molar-refractivity contribution in [2.45, 2.75) is 13.8 Å². The number of halogens is 1. The smallest absolute Gasteiger partial charge is 0.186 e. The number of aromatic nitrogens is 2. The maximum absolute atomic E-state index is 13.2. The SMILES string of the molecule is Cc1ccsc1-c1nc(C)c(F)c(N)n1. The summed E-state index contributed by atoms with van der Waals surface area (Å²) in [7, 11) is 0. The van der Waals surface area contributed by atoms with Crippen LogP contribution in [0.5, 0.6) is 0 Å². The Morgan fingerprint density at radius 2 is 2.07 bits per heavy atom. The quantitative estimate of drug-likeness (QED) is 0.808. The molecule has 2 N–H and O–H groups in total. The molecule has 0 radical (unpaired) electrons. The zero-order valence-electron chi connectivity index (χ0n) is 8.41. The lowest BCUT2D eigenvalue weighted by Gasteiger charge is -2.03. The number of nitrogens with zero attached hydrogens (tertiary/aromatic N) is 2. The summed E-state index contributed by atoms with van der Waals surface area (Å²) in [5.41, 5.74) is 6.81. The van der Waals surface area contributed by atoms with Gasteiger partial charge in [0, 0.05) is 0 Å². The second kappa shape index (κ2) is 3.58. The lowest BCUT2D eigenvalue weighted by atomic mass is 10.2.